The molecule has 3 atom stereocenters. The summed E-state index contributed by atoms with van der Waals surface area (Å²) in [5, 5.41) is 5.83. The molecule has 1 saturated carbocycles. The summed E-state index contributed by atoms with van der Waals surface area (Å²) in [5.41, 5.74) is 1.55. The van der Waals surface area contributed by atoms with Crippen molar-refractivity contribution in [2.45, 2.75) is 57.2 Å². The second-order valence-corrected chi connectivity index (χ2v) is 10.9. The van der Waals surface area contributed by atoms with E-state index in [1.54, 1.807) is 36.4 Å². The molecule has 2 amide bonds. The standard InChI is InChI=1S/C33H38FN3O4/c34-26-12-16-28(17-13-26)41-29-18-14-27(15-19-29)35-33(39)30(23-40-22-24-7-2-1-3-8-24)36-32(38)21-37-20-6-10-25-9-4-5-11-31(25)37/h1-3,7-8,12-19,25,30-31H,4-6,9-11,20-23H2,(H,35,39)(H,36,38). The molecule has 1 saturated heterocycles. The number of amides is 2. The van der Waals surface area contributed by atoms with Gasteiger partial charge < -0.3 is 20.1 Å². The van der Waals surface area contributed by atoms with Crippen molar-refractivity contribution < 1.29 is 23.5 Å². The van der Waals surface area contributed by atoms with Crippen LogP contribution in [0.1, 0.15) is 44.1 Å². The van der Waals surface area contributed by atoms with Gasteiger partial charge in [0.1, 0.15) is 23.4 Å². The molecule has 0 aromatic heterocycles. The lowest BCUT2D eigenvalue weighted by Gasteiger charge is -2.43. The largest absolute Gasteiger partial charge is 0.457 e. The topological polar surface area (TPSA) is 79.9 Å². The number of likely N-dealkylation sites (tertiary alicyclic amines) is 1. The highest BCUT2D eigenvalue weighted by atomic mass is 19.1. The predicted molar refractivity (Wildman–Crippen MR) is 156 cm³/mol. The van der Waals surface area contributed by atoms with Crippen molar-refractivity contribution in [2.75, 3.05) is 25.0 Å². The Morgan fingerprint density at radius 1 is 0.878 bits per heavy atom. The third kappa shape index (κ3) is 8.38. The van der Waals surface area contributed by atoms with Gasteiger partial charge in [0.05, 0.1) is 19.8 Å². The van der Waals surface area contributed by atoms with Crippen molar-refractivity contribution in [2.24, 2.45) is 5.92 Å². The van der Waals surface area contributed by atoms with Crippen molar-refractivity contribution in [1.29, 1.82) is 0 Å². The number of hydrogen-bond acceptors (Lipinski definition) is 5. The SMILES string of the molecule is O=C(CN1CCCC2CCCCC21)NC(COCc1ccccc1)C(=O)Nc1ccc(Oc2ccc(F)cc2)cc1. The van der Waals surface area contributed by atoms with E-state index in [4.69, 9.17) is 9.47 Å². The van der Waals surface area contributed by atoms with Gasteiger partial charge in [0, 0.05) is 11.7 Å². The van der Waals surface area contributed by atoms with E-state index in [1.165, 1.54) is 37.8 Å². The lowest BCUT2D eigenvalue weighted by atomic mass is 9.78. The summed E-state index contributed by atoms with van der Waals surface area (Å²) < 4.78 is 24.8. The van der Waals surface area contributed by atoms with E-state index in [1.807, 2.05) is 30.3 Å². The summed E-state index contributed by atoms with van der Waals surface area (Å²) in [5.74, 6) is 0.881. The van der Waals surface area contributed by atoms with Gasteiger partial charge in [-0.05, 0) is 92.2 Å². The third-order valence-corrected chi connectivity index (χ3v) is 7.92. The van der Waals surface area contributed by atoms with Crippen LogP contribution >= 0.6 is 0 Å². The fourth-order valence-corrected chi connectivity index (χ4v) is 5.87. The number of nitrogens with one attached hydrogen (secondary N) is 2. The molecule has 5 rings (SSSR count). The summed E-state index contributed by atoms with van der Waals surface area (Å²) >= 11 is 0. The number of halogens is 1. The maximum Gasteiger partial charge on any atom is 0.249 e. The fraction of sp³-hybridized carbons (Fsp3) is 0.394. The maximum atomic E-state index is 13.3. The Kier molecular flexibility index (Phi) is 9.99. The molecular formula is C33H38FN3O4. The van der Waals surface area contributed by atoms with E-state index in [2.05, 4.69) is 15.5 Å². The molecule has 0 spiro atoms. The summed E-state index contributed by atoms with van der Waals surface area (Å²) in [6.07, 6.45) is 7.24. The number of carbonyl (C=O) groups excluding carboxylic acids is 2. The molecule has 0 bridgehead atoms. The van der Waals surface area contributed by atoms with Crippen molar-refractivity contribution >= 4 is 17.5 Å². The highest BCUT2D eigenvalue weighted by Crippen LogP contribution is 2.35. The minimum atomic E-state index is -0.853. The fourth-order valence-electron chi connectivity index (χ4n) is 5.87. The molecule has 1 heterocycles. The third-order valence-electron chi connectivity index (χ3n) is 7.92. The Morgan fingerprint density at radius 2 is 1.56 bits per heavy atom. The van der Waals surface area contributed by atoms with Crippen molar-refractivity contribution in [3.63, 3.8) is 0 Å². The molecule has 2 N–H and O–H groups in total. The number of rotatable bonds is 11. The smallest absolute Gasteiger partial charge is 0.249 e. The lowest BCUT2D eigenvalue weighted by Crippen LogP contribution is -2.53. The van der Waals surface area contributed by atoms with E-state index in [0.717, 1.165) is 24.9 Å². The maximum absolute atomic E-state index is 13.3. The van der Waals surface area contributed by atoms with E-state index < -0.39 is 6.04 Å². The highest BCUT2D eigenvalue weighted by Gasteiger charge is 2.34. The van der Waals surface area contributed by atoms with Gasteiger partial charge in [-0.25, -0.2) is 4.39 Å². The first kappa shape index (κ1) is 28.8. The number of nitrogens with zero attached hydrogens (tertiary/aromatic N) is 1. The number of hydrogen-bond donors (Lipinski definition) is 2. The zero-order chi connectivity index (χ0) is 28.4. The molecule has 0 radical (unpaired) electrons. The first-order valence-electron chi connectivity index (χ1n) is 14.5. The quantitative estimate of drug-likeness (QED) is 0.305. The van der Waals surface area contributed by atoms with Gasteiger partial charge in [-0.3, -0.25) is 14.5 Å². The van der Waals surface area contributed by atoms with Gasteiger partial charge in [0.15, 0.2) is 0 Å². The number of carbonyl (C=O) groups is 2. The number of fused-ring (bicyclic) bond motifs is 1. The van der Waals surface area contributed by atoms with E-state index >= 15 is 0 Å². The molecule has 3 unspecified atom stereocenters. The number of anilines is 1. The second kappa shape index (κ2) is 14.2. The van der Waals surface area contributed by atoms with Gasteiger partial charge in [0.25, 0.3) is 0 Å². The number of piperidine rings is 1. The molecule has 3 aromatic rings. The molecule has 216 valence electrons. The predicted octanol–water partition coefficient (Wildman–Crippen LogP) is 5.91. The highest BCUT2D eigenvalue weighted by molar-refractivity contribution is 5.97. The molecule has 8 heteroatoms. The Bertz CT molecular complexity index is 1270. The molecule has 1 aliphatic carbocycles. The average Bonchev–Trinajstić information content (AvgIpc) is 2.99. The minimum absolute atomic E-state index is 0.0459. The van der Waals surface area contributed by atoms with E-state index in [-0.39, 0.29) is 24.2 Å². The molecule has 7 nitrogen and oxygen atoms in total. The van der Waals surface area contributed by atoms with E-state index in [9.17, 15) is 14.0 Å². The molecule has 1 aliphatic heterocycles. The van der Waals surface area contributed by atoms with Crippen LogP contribution in [0.4, 0.5) is 10.1 Å². The first-order chi connectivity index (χ1) is 20.0. The lowest BCUT2D eigenvalue weighted by molar-refractivity contribution is -0.129. The van der Waals surface area contributed by atoms with Crippen LogP contribution in [0, 0.1) is 11.7 Å². The summed E-state index contributed by atoms with van der Waals surface area (Å²) in [6, 6.07) is 22.0. The van der Waals surface area contributed by atoms with Crippen LogP contribution in [0.25, 0.3) is 0 Å². The van der Waals surface area contributed by atoms with Crippen LogP contribution in [0.5, 0.6) is 11.5 Å². The Morgan fingerprint density at radius 3 is 2.32 bits per heavy atom. The molecule has 41 heavy (non-hydrogen) atoms. The normalized spacial score (nSPS) is 19.5. The Balaban J connectivity index is 1.20. The molecule has 2 aliphatic rings. The van der Waals surface area contributed by atoms with Gasteiger partial charge in [-0.15, -0.1) is 0 Å². The molecule has 3 aromatic carbocycles. The Hall–Kier alpha value is -3.75. The van der Waals surface area contributed by atoms with Crippen LogP contribution in [0.15, 0.2) is 78.9 Å². The van der Waals surface area contributed by atoms with Crippen LogP contribution in [0.2, 0.25) is 0 Å². The number of ether oxygens (including phenoxy) is 2. The summed E-state index contributed by atoms with van der Waals surface area (Å²) in [6.45, 7) is 1.59. The Labute approximate surface area is 241 Å². The zero-order valence-electron chi connectivity index (χ0n) is 23.3. The van der Waals surface area contributed by atoms with Crippen LogP contribution in [-0.4, -0.2) is 48.5 Å². The van der Waals surface area contributed by atoms with Gasteiger partial charge in [0.2, 0.25) is 11.8 Å². The van der Waals surface area contributed by atoms with Gasteiger partial charge in [-0.1, -0.05) is 43.2 Å². The van der Waals surface area contributed by atoms with Crippen LogP contribution < -0.4 is 15.4 Å². The first-order valence-corrected chi connectivity index (χ1v) is 14.5. The van der Waals surface area contributed by atoms with Gasteiger partial charge >= 0.3 is 0 Å². The summed E-state index contributed by atoms with van der Waals surface area (Å²) in [7, 11) is 0. The second-order valence-electron chi connectivity index (χ2n) is 10.9. The molecular weight excluding hydrogens is 521 g/mol. The number of benzene rings is 3. The zero-order valence-corrected chi connectivity index (χ0v) is 23.3. The van der Waals surface area contributed by atoms with E-state index in [0.29, 0.717) is 42.3 Å². The molecule has 2 fully saturated rings. The monoisotopic (exact) mass is 559 g/mol. The minimum Gasteiger partial charge on any atom is -0.457 e. The average molecular weight is 560 g/mol. The van der Waals surface area contributed by atoms with Crippen LogP contribution in [-0.2, 0) is 20.9 Å². The van der Waals surface area contributed by atoms with Crippen LogP contribution in [0.3, 0.4) is 0 Å². The van der Waals surface area contributed by atoms with Crippen molar-refractivity contribution in [3.8, 4) is 11.5 Å². The van der Waals surface area contributed by atoms with Crippen molar-refractivity contribution in [3.05, 3.63) is 90.2 Å². The summed E-state index contributed by atoms with van der Waals surface area (Å²) in [4.78, 5) is 28.8. The van der Waals surface area contributed by atoms with Gasteiger partial charge in [-0.2, -0.15) is 0 Å². The van der Waals surface area contributed by atoms with Crippen molar-refractivity contribution in [1.82, 2.24) is 10.2 Å².